The molecule has 1 unspecified atom stereocenters. The van der Waals surface area contributed by atoms with Crippen molar-refractivity contribution in [1.29, 1.82) is 0 Å². The van der Waals surface area contributed by atoms with Crippen LogP contribution in [-0.2, 0) is 0 Å². The lowest BCUT2D eigenvalue weighted by atomic mass is 9.95. The molecule has 0 fully saturated rings. The van der Waals surface area contributed by atoms with Gasteiger partial charge in [0, 0.05) is 5.92 Å². The summed E-state index contributed by atoms with van der Waals surface area (Å²) in [6, 6.07) is 12.1. The van der Waals surface area contributed by atoms with Crippen molar-refractivity contribution in [2.24, 2.45) is 5.16 Å². The molecule has 2 aromatic rings. The fraction of sp³-hybridized carbons (Fsp3) is 0.214. The van der Waals surface area contributed by atoms with Crippen LogP contribution in [0.5, 0.6) is 5.75 Å². The van der Waals surface area contributed by atoms with E-state index in [4.69, 9.17) is 9.94 Å². The topological polar surface area (TPSA) is 41.8 Å². The van der Waals surface area contributed by atoms with Gasteiger partial charge in [-0.2, -0.15) is 0 Å². The summed E-state index contributed by atoms with van der Waals surface area (Å²) in [5.74, 6) is 0.926. The lowest BCUT2D eigenvalue weighted by Crippen LogP contribution is -1.96. The number of methoxy groups -OCH3 is 1. The van der Waals surface area contributed by atoms with Crippen LogP contribution in [0.15, 0.2) is 41.6 Å². The Balaban J connectivity index is 2.57. The maximum absolute atomic E-state index is 8.60. The third-order valence-corrected chi connectivity index (χ3v) is 2.90. The Labute approximate surface area is 100 Å². The van der Waals surface area contributed by atoms with E-state index in [0.29, 0.717) is 0 Å². The van der Waals surface area contributed by atoms with Crippen molar-refractivity contribution in [2.45, 2.75) is 12.8 Å². The van der Waals surface area contributed by atoms with Gasteiger partial charge >= 0.3 is 0 Å². The number of rotatable bonds is 3. The Morgan fingerprint density at radius 2 is 2.12 bits per heavy atom. The van der Waals surface area contributed by atoms with Crippen molar-refractivity contribution >= 4 is 17.0 Å². The molecule has 0 aliphatic heterocycles. The predicted octanol–water partition coefficient (Wildman–Crippen LogP) is 3.41. The second-order valence-corrected chi connectivity index (χ2v) is 3.99. The van der Waals surface area contributed by atoms with Crippen LogP contribution in [0, 0.1) is 0 Å². The van der Waals surface area contributed by atoms with Crippen LogP contribution in [0.3, 0.4) is 0 Å². The SMILES string of the molecule is COc1ccc2c(C(C)/C=N\O)cccc2c1. The summed E-state index contributed by atoms with van der Waals surface area (Å²) in [5.41, 5.74) is 1.14. The molecule has 1 atom stereocenters. The van der Waals surface area contributed by atoms with Crippen LogP contribution in [0.25, 0.3) is 10.8 Å². The normalized spacial score (nSPS) is 13.1. The molecule has 0 aromatic heterocycles. The minimum absolute atomic E-state index is 0.0806. The summed E-state index contributed by atoms with van der Waals surface area (Å²) in [7, 11) is 1.66. The Hall–Kier alpha value is -2.03. The van der Waals surface area contributed by atoms with Crippen molar-refractivity contribution in [3.05, 3.63) is 42.0 Å². The van der Waals surface area contributed by atoms with Gasteiger partial charge in [-0.15, -0.1) is 5.16 Å². The number of hydrogen-bond acceptors (Lipinski definition) is 3. The molecule has 17 heavy (non-hydrogen) atoms. The molecule has 0 aliphatic rings. The molecule has 0 saturated heterocycles. The third-order valence-electron chi connectivity index (χ3n) is 2.90. The first-order valence-electron chi connectivity index (χ1n) is 5.50. The van der Waals surface area contributed by atoms with Crippen molar-refractivity contribution in [2.75, 3.05) is 7.11 Å². The van der Waals surface area contributed by atoms with E-state index in [9.17, 15) is 0 Å². The summed E-state index contributed by atoms with van der Waals surface area (Å²) < 4.78 is 5.20. The maximum atomic E-state index is 8.60. The van der Waals surface area contributed by atoms with Gasteiger partial charge < -0.3 is 9.94 Å². The van der Waals surface area contributed by atoms with E-state index in [0.717, 1.165) is 22.1 Å². The molecule has 1 N–H and O–H groups in total. The van der Waals surface area contributed by atoms with E-state index in [1.54, 1.807) is 7.11 Å². The summed E-state index contributed by atoms with van der Waals surface area (Å²) in [6.07, 6.45) is 1.53. The highest BCUT2D eigenvalue weighted by Crippen LogP contribution is 2.27. The first kappa shape index (κ1) is 11.5. The number of oxime groups is 1. The predicted molar refractivity (Wildman–Crippen MR) is 69.2 cm³/mol. The summed E-state index contributed by atoms with van der Waals surface area (Å²) in [5, 5.41) is 14.0. The van der Waals surface area contributed by atoms with E-state index >= 15 is 0 Å². The zero-order chi connectivity index (χ0) is 12.3. The molecule has 2 rings (SSSR count). The van der Waals surface area contributed by atoms with E-state index in [1.165, 1.54) is 6.21 Å². The highest BCUT2D eigenvalue weighted by molar-refractivity contribution is 5.90. The van der Waals surface area contributed by atoms with Crippen LogP contribution >= 0.6 is 0 Å². The average Bonchev–Trinajstić information content (AvgIpc) is 2.37. The molecule has 88 valence electrons. The maximum Gasteiger partial charge on any atom is 0.119 e. The monoisotopic (exact) mass is 229 g/mol. The average molecular weight is 229 g/mol. The highest BCUT2D eigenvalue weighted by Gasteiger charge is 2.07. The molecule has 0 spiro atoms. The largest absolute Gasteiger partial charge is 0.497 e. The van der Waals surface area contributed by atoms with E-state index in [-0.39, 0.29) is 5.92 Å². The minimum Gasteiger partial charge on any atom is -0.497 e. The fourth-order valence-corrected chi connectivity index (χ4v) is 1.99. The second-order valence-electron chi connectivity index (χ2n) is 3.99. The molecule has 0 bridgehead atoms. The zero-order valence-corrected chi connectivity index (χ0v) is 9.92. The number of benzene rings is 2. The minimum atomic E-state index is 0.0806. The molecular formula is C14H15NO2. The van der Waals surface area contributed by atoms with Crippen LogP contribution in [0.2, 0.25) is 0 Å². The molecule has 0 amide bonds. The van der Waals surface area contributed by atoms with E-state index in [2.05, 4.69) is 5.16 Å². The van der Waals surface area contributed by atoms with Crippen LogP contribution < -0.4 is 4.74 Å². The number of hydrogen-bond donors (Lipinski definition) is 1. The lowest BCUT2D eigenvalue weighted by molar-refractivity contribution is 0.320. The first-order chi connectivity index (χ1) is 8.26. The molecule has 0 aliphatic carbocycles. The molecule has 3 heteroatoms. The molecule has 2 aromatic carbocycles. The number of nitrogens with zero attached hydrogens (tertiary/aromatic N) is 1. The number of fused-ring (bicyclic) bond motifs is 1. The van der Waals surface area contributed by atoms with Crippen LogP contribution in [0.4, 0.5) is 0 Å². The Bertz CT molecular complexity index is 549. The van der Waals surface area contributed by atoms with E-state index < -0.39 is 0 Å². The van der Waals surface area contributed by atoms with Gasteiger partial charge in [0.25, 0.3) is 0 Å². The van der Waals surface area contributed by atoms with Gasteiger partial charge in [-0.3, -0.25) is 0 Å². The van der Waals surface area contributed by atoms with Crippen LogP contribution in [0.1, 0.15) is 18.4 Å². The van der Waals surface area contributed by atoms with Crippen molar-refractivity contribution < 1.29 is 9.94 Å². The van der Waals surface area contributed by atoms with Crippen LogP contribution in [-0.4, -0.2) is 18.5 Å². The van der Waals surface area contributed by atoms with E-state index in [1.807, 2.05) is 43.3 Å². The van der Waals surface area contributed by atoms with Gasteiger partial charge in [-0.05, 0) is 28.5 Å². The summed E-state index contributed by atoms with van der Waals surface area (Å²) in [4.78, 5) is 0. The third kappa shape index (κ3) is 2.23. The molecule has 0 radical (unpaired) electrons. The highest BCUT2D eigenvalue weighted by atomic mass is 16.5. The second kappa shape index (κ2) is 4.87. The lowest BCUT2D eigenvalue weighted by Gasteiger charge is -2.10. The van der Waals surface area contributed by atoms with Gasteiger partial charge in [-0.1, -0.05) is 31.2 Å². The Morgan fingerprint density at radius 1 is 1.29 bits per heavy atom. The van der Waals surface area contributed by atoms with Gasteiger partial charge in [0.2, 0.25) is 0 Å². The molecular weight excluding hydrogens is 214 g/mol. The Kier molecular flexibility index (Phi) is 3.28. The zero-order valence-electron chi connectivity index (χ0n) is 9.92. The number of ether oxygens (including phenoxy) is 1. The molecule has 0 saturated carbocycles. The molecule has 3 nitrogen and oxygen atoms in total. The van der Waals surface area contributed by atoms with Gasteiger partial charge in [-0.25, -0.2) is 0 Å². The van der Waals surface area contributed by atoms with Gasteiger partial charge in [0.1, 0.15) is 5.75 Å². The standard InChI is InChI=1S/C14H15NO2/c1-10(9-15-16)13-5-3-4-11-8-12(17-2)6-7-14(11)13/h3-10,16H,1-2H3/b15-9-. The summed E-state index contributed by atoms with van der Waals surface area (Å²) in [6.45, 7) is 2.00. The Morgan fingerprint density at radius 3 is 2.82 bits per heavy atom. The van der Waals surface area contributed by atoms with Crippen molar-refractivity contribution in [3.8, 4) is 5.75 Å². The first-order valence-corrected chi connectivity index (χ1v) is 5.50. The molecule has 0 heterocycles. The summed E-state index contributed by atoms with van der Waals surface area (Å²) >= 11 is 0. The fourth-order valence-electron chi connectivity index (χ4n) is 1.99. The quantitative estimate of drug-likeness (QED) is 0.498. The van der Waals surface area contributed by atoms with Crippen molar-refractivity contribution in [3.63, 3.8) is 0 Å². The smallest absolute Gasteiger partial charge is 0.119 e. The van der Waals surface area contributed by atoms with Gasteiger partial charge in [0.05, 0.1) is 13.3 Å². The van der Waals surface area contributed by atoms with Gasteiger partial charge in [0.15, 0.2) is 0 Å². The van der Waals surface area contributed by atoms with Crippen molar-refractivity contribution in [1.82, 2.24) is 0 Å².